The first kappa shape index (κ1) is 11.3. The largest absolute Gasteiger partial charge is 0.490 e. The Bertz CT molecular complexity index is 210. The molecule has 0 aromatic heterocycles. The zero-order chi connectivity index (χ0) is 10.3. The van der Waals surface area contributed by atoms with Crippen molar-refractivity contribution in [2.75, 3.05) is 0 Å². The topological polar surface area (TPSA) is 58.6 Å². The van der Waals surface area contributed by atoms with Gasteiger partial charge in [-0.1, -0.05) is 0 Å². The molecular weight excluding hydrogens is 191 g/mol. The molecule has 0 bridgehead atoms. The van der Waals surface area contributed by atoms with Crippen molar-refractivity contribution in [3.63, 3.8) is 0 Å². The molecule has 2 N–H and O–H groups in total. The van der Waals surface area contributed by atoms with Crippen LogP contribution in [0.4, 0.5) is 13.2 Å². The maximum absolute atomic E-state index is 10.6. The average molecular weight is 197 g/mol. The molecule has 0 saturated heterocycles. The number of hydrogen-bond acceptors (Lipinski definition) is 3. The summed E-state index contributed by atoms with van der Waals surface area (Å²) in [5, 5.41) is 7.12. The van der Waals surface area contributed by atoms with E-state index in [2.05, 4.69) is 10.3 Å². The number of carboxylic acid groups (broad SMARTS) is 1. The van der Waals surface area contributed by atoms with E-state index in [1.54, 1.807) is 18.5 Å². The summed E-state index contributed by atoms with van der Waals surface area (Å²) in [5.41, 5.74) is 2.52. The van der Waals surface area contributed by atoms with Crippen LogP contribution >= 0.6 is 0 Å². The van der Waals surface area contributed by atoms with E-state index in [4.69, 9.17) is 9.90 Å². The van der Waals surface area contributed by atoms with Gasteiger partial charge in [-0.15, -0.1) is 0 Å². The van der Waals surface area contributed by atoms with Crippen LogP contribution in [0.1, 0.15) is 0 Å². The Kier molecular flexibility index (Phi) is 4.42. The summed E-state index contributed by atoms with van der Waals surface area (Å²) in [6, 6.07) is 0. The van der Waals surface area contributed by atoms with E-state index in [0.29, 0.717) is 0 Å². The van der Waals surface area contributed by atoms with Crippen molar-refractivity contribution in [3.05, 3.63) is 24.6 Å². The summed E-state index contributed by atoms with van der Waals surface area (Å²) in [7, 11) is 0. The molecule has 0 fully saturated rings. The molecule has 0 spiro atoms. The van der Waals surface area contributed by atoms with Crippen LogP contribution in [0.5, 0.6) is 0 Å². The standard InChI is InChI=1S/C4H5NO.C2HF3O2/c1-2-4-6-5-3-1;3-2(4,5)1(6)7/h1-5H;(H,6,7). The van der Waals surface area contributed by atoms with Crippen molar-refractivity contribution in [2.24, 2.45) is 0 Å². The number of nitrogens with one attached hydrogen (secondary N) is 1. The van der Waals surface area contributed by atoms with Crippen molar-refractivity contribution in [1.29, 1.82) is 0 Å². The van der Waals surface area contributed by atoms with Gasteiger partial charge < -0.3 is 9.94 Å². The van der Waals surface area contributed by atoms with Crippen molar-refractivity contribution in [3.8, 4) is 0 Å². The van der Waals surface area contributed by atoms with E-state index in [9.17, 15) is 13.2 Å². The zero-order valence-corrected chi connectivity index (χ0v) is 6.21. The average Bonchev–Trinajstić information content (AvgIpc) is 2.07. The minimum absolute atomic E-state index is 1.57. The Morgan fingerprint density at radius 3 is 2.00 bits per heavy atom. The van der Waals surface area contributed by atoms with Crippen molar-refractivity contribution >= 4 is 5.97 Å². The smallest absolute Gasteiger partial charge is 0.475 e. The van der Waals surface area contributed by atoms with Gasteiger partial charge in [0.1, 0.15) is 6.26 Å². The lowest BCUT2D eigenvalue weighted by Crippen LogP contribution is -2.21. The van der Waals surface area contributed by atoms with Crippen LogP contribution in [0.2, 0.25) is 0 Å². The highest BCUT2D eigenvalue weighted by atomic mass is 19.4. The van der Waals surface area contributed by atoms with Crippen LogP contribution in [-0.4, -0.2) is 17.3 Å². The molecule has 0 amide bonds. The molecule has 74 valence electrons. The molecule has 0 unspecified atom stereocenters. The van der Waals surface area contributed by atoms with Gasteiger partial charge >= 0.3 is 12.1 Å². The lowest BCUT2D eigenvalue weighted by Gasteiger charge is -1.97. The Labute approximate surface area is 71.3 Å². The summed E-state index contributed by atoms with van der Waals surface area (Å²) < 4.78 is 31.7. The minimum Gasteiger partial charge on any atom is -0.475 e. The van der Waals surface area contributed by atoms with E-state index in [0.717, 1.165) is 0 Å². The quantitative estimate of drug-likeness (QED) is 0.612. The monoisotopic (exact) mass is 197 g/mol. The number of carboxylic acids is 1. The molecule has 1 rings (SSSR count). The van der Waals surface area contributed by atoms with Gasteiger partial charge in [-0.05, 0) is 12.2 Å². The molecule has 0 atom stereocenters. The molecule has 1 aliphatic heterocycles. The Balaban J connectivity index is 0.000000223. The maximum atomic E-state index is 10.6. The highest BCUT2D eigenvalue weighted by Crippen LogP contribution is 2.13. The molecule has 4 nitrogen and oxygen atoms in total. The van der Waals surface area contributed by atoms with Gasteiger partial charge in [-0.25, -0.2) is 10.3 Å². The number of halogens is 3. The normalized spacial score (nSPS) is 13.5. The predicted molar refractivity (Wildman–Crippen MR) is 36.2 cm³/mol. The molecule has 13 heavy (non-hydrogen) atoms. The van der Waals surface area contributed by atoms with Crippen molar-refractivity contribution < 1.29 is 27.9 Å². The van der Waals surface area contributed by atoms with Crippen LogP contribution in [0.15, 0.2) is 24.6 Å². The second-order valence-electron chi connectivity index (χ2n) is 1.73. The lowest BCUT2D eigenvalue weighted by atomic mass is 10.6. The second kappa shape index (κ2) is 5.07. The molecule has 0 aromatic rings. The van der Waals surface area contributed by atoms with Gasteiger partial charge in [-0.2, -0.15) is 13.2 Å². The number of rotatable bonds is 0. The van der Waals surface area contributed by atoms with Crippen LogP contribution in [-0.2, 0) is 9.63 Å². The van der Waals surface area contributed by atoms with Gasteiger partial charge in [0.15, 0.2) is 0 Å². The number of aliphatic carboxylic acids is 1. The Morgan fingerprint density at radius 1 is 1.38 bits per heavy atom. The highest BCUT2D eigenvalue weighted by molar-refractivity contribution is 5.73. The van der Waals surface area contributed by atoms with Gasteiger partial charge in [0.05, 0.1) is 0 Å². The van der Waals surface area contributed by atoms with E-state index < -0.39 is 12.1 Å². The van der Waals surface area contributed by atoms with Crippen LogP contribution in [0.25, 0.3) is 0 Å². The van der Waals surface area contributed by atoms with Crippen molar-refractivity contribution in [1.82, 2.24) is 5.48 Å². The van der Waals surface area contributed by atoms with E-state index >= 15 is 0 Å². The first-order valence-electron chi connectivity index (χ1n) is 2.97. The SMILES string of the molecule is C1=CNOC=C1.O=C(O)C(F)(F)F. The minimum atomic E-state index is -5.08. The molecule has 7 heteroatoms. The van der Waals surface area contributed by atoms with E-state index in [1.807, 2.05) is 6.08 Å². The predicted octanol–water partition coefficient (Wildman–Crippen LogP) is 1.18. The fraction of sp³-hybridized carbons (Fsp3) is 0.167. The van der Waals surface area contributed by atoms with Gasteiger partial charge in [0.25, 0.3) is 0 Å². The molecule has 1 heterocycles. The second-order valence-corrected chi connectivity index (χ2v) is 1.73. The lowest BCUT2D eigenvalue weighted by molar-refractivity contribution is -0.192. The molecule has 1 aliphatic rings. The van der Waals surface area contributed by atoms with Gasteiger partial charge in [0, 0.05) is 6.20 Å². The Hall–Kier alpha value is -1.66. The number of alkyl halides is 3. The van der Waals surface area contributed by atoms with Crippen LogP contribution in [0, 0.1) is 0 Å². The fourth-order valence-corrected chi connectivity index (χ4v) is 0.258. The van der Waals surface area contributed by atoms with Crippen molar-refractivity contribution in [2.45, 2.75) is 6.18 Å². The molecule has 0 aliphatic carbocycles. The number of allylic oxidation sites excluding steroid dienone is 2. The number of hydrogen-bond donors (Lipinski definition) is 2. The summed E-state index contributed by atoms with van der Waals surface area (Å²) in [5.74, 6) is -2.76. The first-order chi connectivity index (χ1) is 5.94. The van der Waals surface area contributed by atoms with Gasteiger partial charge in [-0.3, -0.25) is 0 Å². The third kappa shape index (κ3) is 6.73. The summed E-state index contributed by atoms with van der Waals surface area (Å²) in [6.07, 6.45) is 1.85. The van der Waals surface area contributed by atoms with Gasteiger partial charge in [0.2, 0.25) is 0 Å². The summed E-state index contributed by atoms with van der Waals surface area (Å²) in [4.78, 5) is 13.4. The molecule has 0 saturated carbocycles. The maximum Gasteiger partial charge on any atom is 0.490 e. The number of carbonyl (C=O) groups is 1. The molecule has 0 radical (unpaired) electrons. The fourth-order valence-electron chi connectivity index (χ4n) is 0.258. The highest BCUT2D eigenvalue weighted by Gasteiger charge is 2.38. The summed E-state index contributed by atoms with van der Waals surface area (Å²) in [6.45, 7) is 0. The van der Waals surface area contributed by atoms with E-state index in [1.165, 1.54) is 0 Å². The molecule has 0 aromatic carbocycles. The van der Waals surface area contributed by atoms with Crippen LogP contribution < -0.4 is 5.48 Å². The molecular formula is C6H6F3NO3. The number of hydroxylamine groups is 1. The van der Waals surface area contributed by atoms with Crippen LogP contribution in [0.3, 0.4) is 0 Å². The Morgan fingerprint density at radius 2 is 1.92 bits per heavy atom. The van der Waals surface area contributed by atoms with E-state index in [-0.39, 0.29) is 0 Å². The first-order valence-corrected chi connectivity index (χ1v) is 2.97. The third-order valence-electron chi connectivity index (χ3n) is 0.733. The zero-order valence-electron chi connectivity index (χ0n) is 6.21. The summed E-state index contributed by atoms with van der Waals surface area (Å²) >= 11 is 0. The third-order valence-corrected chi connectivity index (χ3v) is 0.733.